The molecule has 8 nitrogen and oxygen atoms in total. The van der Waals surface area contributed by atoms with Gasteiger partial charge in [-0.05, 0) is 32.0 Å². The topological polar surface area (TPSA) is 102 Å². The number of rotatable bonds is 6. The van der Waals surface area contributed by atoms with Gasteiger partial charge in [0, 0.05) is 11.6 Å². The first-order valence-corrected chi connectivity index (χ1v) is 9.42. The standard InChI is InChI=1S/C22H22N4O4/c1-15(2)23-22(29)24-20(27)14-30-21(28)19-13-18(16-9-5-3-6-10-16)25-26(19)17-11-7-4-8-12-17/h3-13,15H,14H2,1-2H3,(H2,23,24,27,29). The lowest BCUT2D eigenvalue weighted by molar-refractivity contribution is -0.123. The Bertz CT molecular complexity index is 1030. The van der Waals surface area contributed by atoms with E-state index in [0.717, 1.165) is 5.56 Å². The van der Waals surface area contributed by atoms with Gasteiger partial charge in [0.15, 0.2) is 12.3 Å². The number of esters is 1. The lowest BCUT2D eigenvalue weighted by atomic mass is 10.1. The average molecular weight is 406 g/mol. The second-order valence-electron chi connectivity index (χ2n) is 6.78. The maximum absolute atomic E-state index is 12.7. The number of hydrogen-bond acceptors (Lipinski definition) is 5. The van der Waals surface area contributed by atoms with E-state index in [-0.39, 0.29) is 11.7 Å². The van der Waals surface area contributed by atoms with Crippen LogP contribution in [0.15, 0.2) is 66.7 Å². The Labute approximate surface area is 173 Å². The average Bonchev–Trinajstić information content (AvgIpc) is 3.18. The van der Waals surface area contributed by atoms with Crippen molar-refractivity contribution in [2.45, 2.75) is 19.9 Å². The van der Waals surface area contributed by atoms with E-state index in [1.165, 1.54) is 4.68 Å². The van der Waals surface area contributed by atoms with E-state index in [0.29, 0.717) is 11.4 Å². The fraction of sp³-hybridized carbons (Fsp3) is 0.182. The molecule has 1 heterocycles. The minimum absolute atomic E-state index is 0.128. The number of carbonyl (C=O) groups is 3. The van der Waals surface area contributed by atoms with Gasteiger partial charge in [-0.15, -0.1) is 0 Å². The summed E-state index contributed by atoms with van der Waals surface area (Å²) in [7, 11) is 0. The summed E-state index contributed by atoms with van der Waals surface area (Å²) in [4.78, 5) is 36.1. The zero-order chi connectivity index (χ0) is 21.5. The maximum Gasteiger partial charge on any atom is 0.357 e. The highest BCUT2D eigenvalue weighted by Crippen LogP contribution is 2.22. The highest BCUT2D eigenvalue weighted by atomic mass is 16.5. The second kappa shape index (κ2) is 9.51. The Kier molecular flexibility index (Phi) is 6.59. The third-order valence-corrected chi connectivity index (χ3v) is 4.00. The summed E-state index contributed by atoms with van der Waals surface area (Å²) >= 11 is 0. The summed E-state index contributed by atoms with van der Waals surface area (Å²) in [5.41, 5.74) is 2.27. The molecule has 2 N–H and O–H groups in total. The van der Waals surface area contributed by atoms with Gasteiger partial charge in [-0.2, -0.15) is 5.10 Å². The molecule has 3 rings (SSSR count). The monoisotopic (exact) mass is 406 g/mol. The molecule has 3 amide bonds. The number of amides is 3. The number of ether oxygens (including phenoxy) is 1. The van der Waals surface area contributed by atoms with Gasteiger partial charge in [-0.25, -0.2) is 14.3 Å². The van der Waals surface area contributed by atoms with Crippen LogP contribution in [-0.2, 0) is 9.53 Å². The molecule has 0 atom stereocenters. The molecule has 154 valence electrons. The van der Waals surface area contributed by atoms with Crippen molar-refractivity contribution < 1.29 is 19.1 Å². The number of carbonyl (C=O) groups excluding carboxylic acids is 3. The van der Waals surface area contributed by atoms with Crippen molar-refractivity contribution in [2.75, 3.05) is 6.61 Å². The van der Waals surface area contributed by atoms with E-state index in [9.17, 15) is 14.4 Å². The maximum atomic E-state index is 12.7. The lowest BCUT2D eigenvalue weighted by Gasteiger charge is -2.10. The van der Waals surface area contributed by atoms with Crippen LogP contribution in [0.25, 0.3) is 16.9 Å². The first-order valence-electron chi connectivity index (χ1n) is 9.42. The number of hydrogen-bond donors (Lipinski definition) is 2. The molecule has 0 saturated carbocycles. The van der Waals surface area contributed by atoms with E-state index >= 15 is 0 Å². The Morgan fingerprint density at radius 2 is 1.63 bits per heavy atom. The van der Waals surface area contributed by atoms with Gasteiger partial charge in [0.05, 0.1) is 11.4 Å². The molecule has 1 aromatic heterocycles. The molecule has 0 spiro atoms. The third-order valence-electron chi connectivity index (χ3n) is 4.00. The fourth-order valence-electron chi connectivity index (χ4n) is 2.71. The van der Waals surface area contributed by atoms with Crippen LogP contribution < -0.4 is 10.6 Å². The van der Waals surface area contributed by atoms with Crippen LogP contribution >= 0.6 is 0 Å². The summed E-state index contributed by atoms with van der Waals surface area (Å²) in [6.07, 6.45) is 0. The molecule has 3 aromatic rings. The molecule has 30 heavy (non-hydrogen) atoms. The highest BCUT2D eigenvalue weighted by Gasteiger charge is 2.20. The van der Waals surface area contributed by atoms with Crippen molar-refractivity contribution in [3.8, 4) is 16.9 Å². The van der Waals surface area contributed by atoms with Crippen molar-refractivity contribution in [1.82, 2.24) is 20.4 Å². The first-order chi connectivity index (χ1) is 14.4. The van der Waals surface area contributed by atoms with Crippen LogP contribution in [0.2, 0.25) is 0 Å². The molecule has 0 bridgehead atoms. The Morgan fingerprint density at radius 3 is 2.27 bits per heavy atom. The normalized spacial score (nSPS) is 10.5. The zero-order valence-corrected chi connectivity index (χ0v) is 16.7. The number of imide groups is 1. The molecule has 0 saturated heterocycles. The van der Waals surface area contributed by atoms with E-state index in [4.69, 9.17) is 4.74 Å². The van der Waals surface area contributed by atoms with E-state index in [1.54, 1.807) is 19.9 Å². The predicted molar refractivity (Wildman–Crippen MR) is 111 cm³/mol. The summed E-state index contributed by atoms with van der Waals surface area (Å²) in [5, 5.41) is 9.16. The van der Waals surface area contributed by atoms with Gasteiger partial charge < -0.3 is 10.1 Å². The summed E-state index contributed by atoms with van der Waals surface area (Å²) in [5.74, 6) is -1.46. The van der Waals surface area contributed by atoms with E-state index in [1.807, 2.05) is 60.7 Å². The summed E-state index contributed by atoms with van der Waals surface area (Å²) in [6, 6.07) is 19.4. The summed E-state index contributed by atoms with van der Waals surface area (Å²) < 4.78 is 6.58. The minimum atomic E-state index is -0.729. The number of nitrogens with one attached hydrogen (secondary N) is 2. The summed E-state index contributed by atoms with van der Waals surface area (Å²) in [6.45, 7) is 2.93. The van der Waals surface area contributed by atoms with Crippen LogP contribution in [0.4, 0.5) is 4.79 Å². The van der Waals surface area contributed by atoms with E-state index < -0.39 is 24.5 Å². The predicted octanol–water partition coefficient (Wildman–Crippen LogP) is 2.93. The Morgan fingerprint density at radius 1 is 1.00 bits per heavy atom. The number of urea groups is 1. The number of aromatic nitrogens is 2. The highest BCUT2D eigenvalue weighted by molar-refractivity contribution is 5.97. The molecule has 0 aliphatic heterocycles. The number of benzene rings is 2. The van der Waals surface area contributed by atoms with Gasteiger partial charge in [0.1, 0.15) is 0 Å². The molecule has 8 heteroatoms. The lowest BCUT2D eigenvalue weighted by Crippen LogP contribution is -2.44. The molecule has 0 unspecified atom stereocenters. The smallest absolute Gasteiger partial charge is 0.357 e. The Balaban J connectivity index is 1.78. The zero-order valence-electron chi connectivity index (χ0n) is 16.7. The van der Waals surface area contributed by atoms with Crippen LogP contribution in [0.3, 0.4) is 0 Å². The van der Waals surface area contributed by atoms with Crippen molar-refractivity contribution in [3.63, 3.8) is 0 Å². The van der Waals surface area contributed by atoms with Gasteiger partial charge >= 0.3 is 12.0 Å². The molecule has 0 fully saturated rings. The minimum Gasteiger partial charge on any atom is -0.451 e. The van der Waals surface area contributed by atoms with Crippen LogP contribution in [-0.4, -0.2) is 40.3 Å². The molecule has 0 aliphatic rings. The number of para-hydroxylation sites is 1. The van der Waals surface area contributed by atoms with Crippen molar-refractivity contribution in [3.05, 3.63) is 72.4 Å². The first kappa shape index (κ1) is 20.8. The fourth-order valence-corrected chi connectivity index (χ4v) is 2.71. The van der Waals surface area contributed by atoms with E-state index in [2.05, 4.69) is 15.7 Å². The molecule has 0 aliphatic carbocycles. The van der Waals surface area contributed by atoms with Gasteiger partial charge in [0.2, 0.25) is 0 Å². The van der Waals surface area contributed by atoms with Gasteiger partial charge in [-0.3, -0.25) is 10.1 Å². The molecule has 2 aromatic carbocycles. The van der Waals surface area contributed by atoms with Gasteiger partial charge in [-0.1, -0.05) is 48.5 Å². The van der Waals surface area contributed by atoms with Crippen LogP contribution in [0, 0.1) is 0 Å². The van der Waals surface area contributed by atoms with Gasteiger partial charge in [0.25, 0.3) is 5.91 Å². The van der Waals surface area contributed by atoms with Crippen molar-refractivity contribution in [2.24, 2.45) is 0 Å². The molecular formula is C22H22N4O4. The van der Waals surface area contributed by atoms with Crippen molar-refractivity contribution in [1.29, 1.82) is 0 Å². The van der Waals surface area contributed by atoms with Crippen LogP contribution in [0.1, 0.15) is 24.3 Å². The largest absolute Gasteiger partial charge is 0.451 e. The molecule has 0 radical (unpaired) electrons. The van der Waals surface area contributed by atoms with Crippen molar-refractivity contribution >= 4 is 17.9 Å². The Hall–Kier alpha value is -3.94. The SMILES string of the molecule is CC(C)NC(=O)NC(=O)COC(=O)c1cc(-c2ccccc2)nn1-c1ccccc1. The quantitative estimate of drug-likeness (QED) is 0.613. The second-order valence-corrected chi connectivity index (χ2v) is 6.78. The van der Waals surface area contributed by atoms with Crippen LogP contribution in [0.5, 0.6) is 0 Å². The molecular weight excluding hydrogens is 384 g/mol. The number of nitrogens with zero attached hydrogens (tertiary/aromatic N) is 2. The third kappa shape index (κ3) is 5.32.